The van der Waals surface area contributed by atoms with Crippen molar-refractivity contribution in [2.45, 2.75) is 27.3 Å². The summed E-state index contributed by atoms with van der Waals surface area (Å²) in [6, 6.07) is 1.94. The van der Waals surface area contributed by atoms with Gasteiger partial charge in [-0.2, -0.15) is 0 Å². The maximum absolute atomic E-state index is 12.0. The predicted octanol–water partition coefficient (Wildman–Crippen LogP) is 3.71. The molecule has 3 aromatic rings. The Morgan fingerprint density at radius 1 is 1.38 bits per heavy atom. The van der Waals surface area contributed by atoms with Crippen LogP contribution >= 0.6 is 11.3 Å². The molecule has 0 fully saturated rings. The second kappa shape index (κ2) is 6.60. The fourth-order valence-corrected chi connectivity index (χ4v) is 3.82. The highest BCUT2D eigenvalue weighted by Crippen LogP contribution is 2.36. The molecule has 3 rings (SSSR count). The van der Waals surface area contributed by atoms with E-state index in [0.29, 0.717) is 17.2 Å². The van der Waals surface area contributed by atoms with Crippen molar-refractivity contribution >= 4 is 33.3 Å². The third kappa shape index (κ3) is 2.87. The Kier molecular flexibility index (Phi) is 4.53. The van der Waals surface area contributed by atoms with Crippen molar-refractivity contribution in [3.8, 4) is 0 Å². The first-order valence-corrected chi connectivity index (χ1v) is 8.48. The van der Waals surface area contributed by atoms with Crippen LogP contribution < -0.4 is 4.90 Å². The summed E-state index contributed by atoms with van der Waals surface area (Å²) in [4.78, 5) is 24.7. The van der Waals surface area contributed by atoms with E-state index in [4.69, 9.17) is 9.15 Å². The number of carbonyl (C=O) groups is 1. The van der Waals surface area contributed by atoms with Crippen LogP contribution in [0.25, 0.3) is 10.2 Å². The minimum Gasteiger partial charge on any atom is -0.472 e. The summed E-state index contributed by atoms with van der Waals surface area (Å²) in [6.07, 6.45) is 3.39. The van der Waals surface area contributed by atoms with E-state index in [1.807, 2.05) is 19.9 Å². The first-order valence-electron chi connectivity index (χ1n) is 7.67. The number of esters is 1. The third-order valence-corrected chi connectivity index (χ3v) is 5.05. The Morgan fingerprint density at radius 2 is 2.17 bits per heavy atom. The van der Waals surface area contributed by atoms with Crippen molar-refractivity contribution in [1.29, 1.82) is 0 Å². The molecule has 0 saturated carbocycles. The van der Waals surface area contributed by atoms with E-state index in [0.717, 1.165) is 33.7 Å². The summed E-state index contributed by atoms with van der Waals surface area (Å²) < 4.78 is 10.0. The lowest BCUT2D eigenvalue weighted by Gasteiger charge is -2.22. The minimum absolute atomic E-state index is 0.336. The van der Waals surface area contributed by atoms with E-state index in [1.165, 1.54) is 18.4 Å². The van der Waals surface area contributed by atoms with Crippen LogP contribution in [0.15, 0.2) is 23.0 Å². The van der Waals surface area contributed by atoms with E-state index >= 15 is 0 Å². The normalized spacial score (nSPS) is 11.0. The van der Waals surface area contributed by atoms with Gasteiger partial charge in [-0.3, -0.25) is 0 Å². The first-order chi connectivity index (χ1) is 11.5. The molecule has 0 atom stereocenters. The number of furan rings is 1. The maximum atomic E-state index is 12.0. The summed E-state index contributed by atoms with van der Waals surface area (Å²) in [5, 5.41) is 0.913. The lowest BCUT2D eigenvalue weighted by Crippen LogP contribution is -2.23. The average Bonchev–Trinajstić information content (AvgIpc) is 3.19. The Morgan fingerprint density at radius 3 is 2.79 bits per heavy atom. The topological polar surface area (TPSA) is 68.5 Å². The van der Waals surface area contributed by atoms with Gasteiger partial charge in [-0.05, 0) is 32.4 Å². The number of anilines is 1. The maximum Gasteiger partial charge on any atom is 0.348 e. The molecule has 0 aliphatic rings. The lowest BCUT2D eigenvalue weighted by atomic mass is 10.2. The van der Waals surface area contributed by atoms with Crippen molar-refractivity contribution in [2.24, 2.45) is 0 Å². The summed E-state index contributed by atoms with van der Waals surface area (Å²) in [5.41, 5.74) is 1.94. The molecule has 0 aliphatic carbocycles. The molecule has 0 saturated heterocycles. The van der Waals surface area contributed by atoms with Gasteiger partial charge < -0.3 is 14.1 Å². The van der Waals surface area contributed by atoms with E-state index in [2.05, 4.69) is 21.8 Å². The molecule has 126 valence electrons. The number of aryl methyl sites for hydroxylation is 2. The molecule has 6 nitrogen and oxygen atoms in total. The Balaban J connectivity index is 2.15. The number of thiophene rings is 1. The molecule has 0 amide bonds. The third-order valence-electron chi connectivity index (χ3n) is 3.89. The number of hydrogen-bond donors (Lipinski definition) is 0. The zero-order valence-electron chi connectivity index (χ0n) is 14.1. The second-order valence-electron chi connectivity index (χ2n) is 5.47. The number of carbonyl (C=O) groups excluding carboxylic acids is 1. The molecule has 3 heterocycles. The van der Waals surface area contributed by atoms with E-state index in [-0.39, 0.29) is 5.97 Å². The van der Waals surface area contributed by atoms with Crippen molar-refractivity contribution in [1.82, 2.24) is 9.97 Å². The average molecular weight is 345 g/mol. The van der Waals surface area contributed by atoms with Crippen molar-refractivity contribution in [2.75, 3.05) is 18.6 Å². The van der Waals surface area contributed by atoms with Gasteiger partial charge in [0.25, 0.3) is 0 Å². The molecule has 0 aromatic carbocycles. The largest absolute Gasteiger partial charge is 0.472 e. The van der Waals surface area contributed by atoms with Crippen molar-refractivity contribution in [3.05, 3.63) is 40.4 Å². The minimum atomic E-state index is -0.336. The quantitative estimate of drug-likeness (QED) is 0.657. The SMILES string of the molecule is CCN(Cc1ccoc1)c1nc(C)nc2sc(C(=O)OC)c(C)c12. The Labute approximate surface area is 144 Å². The van der Waals surface area contributed by atoms with Gasteiger partial charge in [0.05, 0.1) is 25.0 Å². The number of rotatable bonds is 5. The van der Waals surface area contributed by atoms with Crippen LogP contribution in [0.3, 0.4) is 0 Å². The Bertz CT molecular complexity index is 871. The van der Waals surface area contributed by atoms with Crippen LogP contribution in [-0.2, 0) is 11.3 Å². The number of aromatic nitrogens is 2. The smallest absolute Gasteiger partial charge is 0.348 e. The van der Waals surface area contributed by atoms with Crippen molar-refractivity contribution < 1.29 is 13.9 Å². The standard InChI is InChI=1S/C17H19N3O3S/c1-5-20(8-12-6-7-23-9-12)15-13-10(2)14(17(21)22-4)24-16(13)19-11(3)18-15/h6-7,9H,5,8H2,1-4H3. The van der Waals surface area contributed by atoms with E-state index in [9.17, 15) is 4.79 Å². The number of ether oxygens (including phenoxy) is 1. The number of methoxy groups -OCH3 is 1. The molecule has 24 heavy (non-hydrogen) atoms. The Hall–Kier alpha value is -2.41. The molecule has 0 unspecified atom stereocenters. The van der Waals surface area contributed by atoms with Gasteiger partial charge in [-0.25, -0.2) is 14.8 Å². The zero-order valence-corrected chi connectivity index (χ0v) is 14.9. The van der Waals surface area contributed by atoms with Gasteiger partial charge in [0.1, 0.15) is 21.3 Å². The van der Waals surface area contributed by atoms with Crippen molar-refractivity contribution in [3.63, 3.8) is 0 Å². The highest BCUT2D eigenvalue weighted by atomic mass is 32.1. The zero-order chi connectivity index (χ0) is 17.3. The number of nitrogens with zero attached hydrogens (tertiary/aromatic N) is 3. The molecule has 0 radical (unpaired) electrons. The fourth-order valence-electron chi connectivity index (χ4n) is 2.68. The van der Waals surface area contributed by atoms with Gasteiger partial charge in [-0.1, -0.05) is 0 Å². The number of fused-ring (bicyclic) bond motifs is 1. The summed E-state index contributed by atoms with van der Waals surface area (Å²) in [5.74, 6) is 1.18. The monoisotopic (exact) mass is 345 g/mol. The van der Waals surface area contributed by atoms with Crippen LogP contribution in [0.2, 0.25) is 0 Å². The number of hydrogen-bond acceptors (Lipinski definition) is 7. The lowest BCUT2D eigenvalue weighted by molar-refractivity contribution is 0.0605. The van der Waals surface area contributed by atoms with Gasteiger partial charge >= 0.3 is 5.97 Å². The predicted molar refractivity (Wildman–Crippen MR) is 93.7 cm³/mol. The fraction of sp³-hybridized carbons (Fsp3) is 0.353. The van der Waals surface area contributed by atoms with E-state index in [1.54, 1.807) is 12.5 Å². The summed E-state index contributed by atoms with van der Waals surface area (Å²) >= 11 is 1.35. The van der Waals surface area contributed by atoms with Crippen LogP contribution in [0.4, 0.5) is 5.82 Å². The molecule has 0 bridgehead atoms. The molecular weight excluding hydrogens is 326 g/mol. The summed E-state index contributed by atoms with van der Waals surface area (Å²) in [6.45, 7) is 7.31. The van der Waals surface area contributed by atoms with Gasteiger partial charge in [0.2, 0.25) is 0 Å². The van der Waals surface area contributed by atoms with Crippen LogP contribution in [-0.4, -0.2) is 29.6 Å². The molecule has 7 heteroatoms. The molecule has 0 aliphatic heterocycles. The van der Waals surface area contributed by atoms with Crippen LogP contribution in [0.5, 0.6) is 0 Å². The van der Waals surface area contributed by atoms with E-state index < -0.39 is 0 Å². The highest BCUT2D eigenvalue weighted by Gasteiger charge is 2.22. The van der Waals surface area contributed by atoms with Gasteiger partial charge in [0, 0.05) is 18.7 Å². The van der Waals surface area contributed by atoms with Crippen LogP contribution in [0.1, 0.15) is 33.5 Å². The molecule has 0 spiro atoms. The summed E-state index contributed by atoms with van der Waals surface area (Å²) in [7, 11) is 1.39. The molecule has 3 aromatic heterocycles. The van der Waals surface area contributed by atoms with Gasteiger partial charge in [0.15, 0.2) is 0 Å². The highest BCUT2D eigenvalue weighted by molar-refractivity contribution is 7.20. The van der Waals surface area contributed by atoms with Crippen LogP contribution in [0, 0.1) is 13.8 Å². The van der Waals surface area contributed by atoms with Gasteiger partial charge in [-0.15, -0.1) is 11.3 Å². The first kappa shape index (κ1) is 16.4. The molecule has 0 N–H and O–H groups in total. The molecular formula is C17H19N3O3S. The second-order valence-corrected chi connectivity index (χ2v) is 6.47.